The summed E-state index contributed by atoms with van der Waals surface area (Å²) in [4.78, 5) is 22.6. The zero-order chi connectivity index (χ0) is 20.4. The van der Waals surface area contributed by atoms with E-state index < -0.39 is 17.7 Å². The summed E-state index contributed by atoms with van der Waals surface area (Å²) in [5.41, 5.74) is 0.193. The van der Waals surface area contributed by atoms with E-state index >= 15 is 0 Å². The van der Waals surface area contributed by atoms with Crippen LogP contribution in [0.2, 0.25) is 5.02 Å². The van der Waals surface area contributed by atoms with Gasteiger partial charge in [-0.2, -0.15) is 0 Å². The minimum atomic E-state index is -1.08. The average molecular weight is 401 g/mol. The fourth-order valence-corrected chi connectivity index (χ4v) is 2.59. The summed E-state index contributed by atoms with van der Waals surface area (Å²) in [6.07, 6.45) is 3.38. The summed E-state index contributed by atoms with van der Waals surface area (Å²) in [7, 11) is 1.42. The number of nitrogens with one attached hydrogen (secondary N) is 2. The molecule has 0 aliphatic carbocycles. The van der Waals surface area contributed by atoms with Crippen molar-refractivity contribution in [1.29, 1.82) is 0 Å². The van der Waals surface area contributed by atoms with E-state index in [1.54, 1.807) is 6.07 Å². The van der Waals surface area contributed by atoms with Crippen molar-refractivity contribution in [3.05, 3.63) is 22.7 Å². The van der Waals surface area contributed by atoms with Crippen molar-refractivity contribution < 1.29 is 24.2 Å². The van der Waals surface area contributed by atoms with Gasteiger partial charge in [0.25, 0.3) is 0 Å². The number of aromatic carboxylic acids is 1. The van der Waals surface area contributed by atoms with Crippen molar-refractivity contribution in [3.8, 4) is 5.75 Å². The van der Waals surface area contributed by atoms with Crippen LogP contribution in [0.3, 0.4) is 0 Å². The quantitative estimate of drug-likeness (QED) is 0.499. The summed E-state index contributed by atoms with van der Waals surface area (Å²) in [6.45, 7) is 6.78. The fourth-order valence-electron chi connectivity index (χ4n) is 2.36. The molecule has 7 nitrogen and oxygen atoms in total. The third kappa shape index (κ3) is 8.86. The summed E-state index contributed by atoms with van der Waals surface area (Å²) < 4.78 is 10.3. The topological polar surface area (TPSA) is 96.9 Å². The average Bonchev–Trinajstić information content (AvgIpc) is 2.56. The van der Waals surface area contributed by atoms with Crippen LogP contribution in [0.1, 0.15) is 56.8 Å². The van der Waals surface area contributed by atoms with Gasteiger partial charge in [-0.05, 0) is 39.7 Å². The third-order valence-electron chi connectivity index (χ3n) is 3.61. The lowest BCUT2D eigenvalue weighted by atomic mass is 10.1. The van der Waals surface area contributed by atoms with Gasteiger partial charge in [0.15, 0.2) is 0 Å². The first kappa shape index (κ1) is 22.9. The molecule has 0 bridgehead atoms. The zero-order valence-electron chi connectivity index (χ0n) is 16.4. The number of hydrogen-bond donors (Lipinski definition) is 3. The summed E-state index contributed by atoms with van der Waals surface area (Å²) in [5, 5.41) is 15.4. The van der Waals surface area contributed by atoms with E-state index in [1.807, 2.05) is 20.8 Å². The fraction of sp³-hybridized carbons (Fsp3) is 0.579. The van der Waals surface area contributed by atoms with Crippen LogP contribution < -0.4 is 15.4 Å². The van der Waals surface area contributed by atoms with Crippen molar-refractivity contribution in [2.24, 2.45) is 0 Å². The predicted molar refractivity (Wildman–Crippen MR) is 106 cm³/mol. The number of benzene rings is 1. The number of ether oxygens (including phenoxy) is 2. The smallest absolute Gasteiger partial charge is 0.407 e. The van der Waals surface area contributed by atoms with E-state index in [0.29, 0.717) is 23.8 Å². The minimum Gasteiger partial charge on any atom is -0.496 e. The van der Waals surface area contributed by atoms with Crippen LogP contribution in [-0.2, 0) is 4.74 Å². The monoisotopic (exact) mass is 400 g/mol. The molecular formula is C19H29ClN2O5. The van der Waals surface area contributed by atoms with Crippen LogP contribution in [0.4, 0.5) is 10.5 Å². The second-order valence-corrected chi connectivity index (χ2v) is 7.51. The number of methoxy groups -OCH3 is 1. The second kappa shape index (κ2) is 10.9. The molecule has 0 saturated heterocycles. The van der Waals surface area contributed by atoms with Crippen LogP contribution in [0.25, 0.3) is 0 Å². The van der Waals surface area contributed by atoms with E-state index in [4.69, 9.17) is 26.2 Å². The highest BCUT2D eigenvalue weighted by atomic mass is 35.5. The second-order valence-electron chi connectivity index (χ2n) is 7.11. The van der Waals surface area contributed by atoms with Crippen LogP contribution in [0, 0.1) is 0 Å². The first-order valence-electron chi connectivity index (χ1n) is 8.95. The molecule has 0 heterocycles. The molecule has 1 rings (SSSR count). The largest absolute Gasteiger partial charge is 0.496 e. The SMILES string of the molecule is COc1cc(NCCCCCCNC(=O)OC(C)(C)C)c(Cl)cc1C(=O)O. The van der Waals surface area contributed by atoms with Gasteiger partial charge in [0.2, 0.25) is 0 Å². The lowest BCUT2D eigenvalue weighted by Crippen LogP contribution is -2.32. The van der Waals surface area contributed by atoms with Crippen molar-refractivity contribution >= 4 is 29.4 Å². The van der Waals surface area contributed by atoms with E-state index in [9.17, 15) is 9.59 Å². The molecule has 0 aliphatic rings. The van der Waals surface area contributed by atoms with Gasteiger partial charge in [-0.25, -0.2) is 9.59 Å². The van der Waals surface area contributed by atoms with E-state index in [2.05, 4.69) is 10.6 Å². The van der Waals surface area contributed by atoms with Crippen molar-refractivity contribution in [2.45, 2.75) is 52.1 Å². The van der Waals surface area contributed by atoms with Gasteiger partial charge in [-0.3, -0.25) is 0 Å². The molecule has 1 aromatic rings. The van der Waals surface area contributed by atoms with Gasteiger partial charge in [-0.15, -0.1) is 0 Å². The van der Waals surface area contributed by atoms with Crippen LogP contribution in [0.15, 0.2) is 12.1 Å². The number of carboxylic acids is 1. The maximum atomic E-state index is 11.5. The van der Waals surface area contributed by atoms with E-state index in [0.717, 1.165) is 25.7 Å². The normalized spacial score (nSPS) is 11.0. The minimum absolute atomic E-state index is 0.0329. The Morgan fingerprint density at radius 2 is 1.74 bits per heavy atom. The summed E-state index contributed by atoms with van der Waals surface area (Å²) in [5.74, 6) is -0.817. The Morgan fingerprint density at radius 1 is 1.11 bits per heavy atom. The lowest BCUT2D eigenvalue weighted by Gasteiger charge is -2.19. The highest BCUT2D eigenvalue weighted by Crippen LogP contribution is 2.31. The molecule has 0 fully saturated rings. The molecular weight excluding hydrogens is 372 g/mol. The molecule has 8 heteroatoms. The number of carboxylic acid groups (broad SMARTS) is 1. The lowest BCUT2D eigenvalue weighted by molar-refractivity contribution is 0.0526. The van der Waals surface area contributed by atoms with Crippen molar-refractivity contribution in [3.63, 3.8) is 0 Å². The molecule has 0 radical (unpaired) electrons. The number of anilines is 1. The van der Waals surface area contributed by atoms with E-state index in [1.165, 1.54) is 13.2 Å². The standard InChI is InChI=1S/C19H29ClN2O5/c1-19(2,3)27-18(25)22-10-8-6-5-7-9-21-15-12-16(26-4)13(17(23)24)11-14(15)20/h11-12,21H,5-10H2,1-4H3,(H,22,25)(H,23,24). The Labute approximate surface area is 165 Å². The number of halogens is 1. The molecule has 0 aromatic heterocycles. The molecule has 152 valence electrons. The number of unbranched alkanes of at least 4 members (excludes halogenated alkanes) is 3. The summed E-state index contributed by atoms with van der Waals surface area (Å²) in [6, 6.07) is 2.98. The number of alkyl carbamates (subject to hydrolysis) is 1. The number of carbonyl (C=O) groups is 2. The first-order valence-corrected chi connectivity index (χ1v) is 9.33. The third-order valence-corrected chi connectivity index (χ3v) is 3.92. The van der Waals surface area contributed by atoms with Gasteiger partial charge >= 0.3 is 12.1 Å². The van der Waals surface area contributed by atoms with Crippen LogP contribution >= 0.6 is 11.6 Å². The molecule has 0 spiro atoms. The van der Waals surface area contributed by atoms with Crippen LogP contribution in [-0.4, -0.2) is 43.0 Å². The van der Waals surface area contributed by atoms with Gasteiger partial charge in [0, 0.05) is 19.2 Å². The van der Waals surface area contributed by atoms with Gasteiger partial charge in [-0.1, -0.05) is 24.4 Å². The number of rotatable bonds is 10. The number of amides is 1. The van der Waals surface area contributed by atoms with Gasteiger partial charge in [0.05, 0.1) is 17.8 Å². The van der Waals surface area contributed by atoms with Gasteiger partial charge in [0.1, 0.15) is 16.9 Å². The molecule has 3 N–H and O–H groups in total. The molecule has 0 unspecified atom stereocenters. The Morgan fingerprint density at radius 3 is 2.30 bits per heavy atom. The molecule has 1 amide bonds. The Balaban J connectivity index is 2.25. The molecule has 0 aliphatic heterocycles. The molecule has 0 saturated carbocycles. The Kier molecular flexibility index (Phi) is 9.21. The van der Waals surface area contributed by atoms with Crippen molar-refractivity contribution in [2.75, 3.05) is 25.5 Å². The summed E-state index contributed by atoms with van der Waals surface area (Å²) >= 11 is 6.13. The van der Waals surface area contributed by atoms with Gasteiger partial charge < -0.3 is 25.2 Å². The molecule has 0 atom stereocenters. The zero-order valence-corrected chi connectivity index (χ0v) is 17.1. The maximum absolute atomic E-state index is 11.5. The Hall–Kier alpha value is -2.15. The molecule has 27 heavy (non-hydrogen) atoms. The maximum Gasteiger partial charge on any atom is 0.407 e. The first-order chi connectivity index (χ1) is 12.6. The predicted octanol–water partition coefficient (Wildman–Crippen LogP) is 4.54. The highest BCUT2D eigenvalue weighted by molar-refractivity contribution is 6.33. The highest BCUT2D eigenvalue weighted by Gasteiger charge is 2.16. The van der Waals surface area contributed by atoms with Crippen LogP contribution in [0.5, 0.6) is 5.75 Å². The van der Waals surface area contributed by atoms with Crippen molar-refractivity contribution in [1.82, 2.24) is 5.32 Å². The number of carbonyl (C=O) groups excluding carboxylic acids is 1. The molecule has 1 aromatic carbocycles. The Bertz CT molecular complexity index is 644. The van der Waals surface area contributed by atoms with E-state index in [-0.39, 0.29) is 11.3 Å². The number of hydrogen-bond acceptors (Lipinski definition) is 5.